The number of thiophene rings is 1. The van der Waals surface area contributed by atoms with Crippen molar-refractivity contribution in [3.63, 3.8) is 0 Å². The zero-order valence-electron chi connectivity index (χ0n) is 13.4. The molecule has 1 unspecified atom stereocenters. The summed E-state index contributed by atoms with van der Waals surface area (Å²) in [6.07, 6.45) is 0.545. The van der Waals surface area contributed by atoms with Gasteiger partial charge < -0.3 is 16.0 Å². The summed E-state index contributed by atoms with van der Waals surface area (Å²) in [5, 5.41) is 7.73. The van der Waals surface area contributed by atoms with Crippen LogP contribution in [0.25, 0.3) is 0 Å². The van der Waals surface area contributed by atoms with E-state index < -0.39 is 6.04 Å². The molecule has 1 aromatic heterocycles. The lowest BCUT2D eigenvalue weighted by atomic mass is 10.0. The van der Waals surface area contributed by atoms with Crippen LogP contribution in [0, 0.1) is 12.8 Å². The molecule has 0 saturated heterocycles. The molecule has 0 aromatic carbocycles. The van der Waals surface area contributed by atoms with Crippen molar-refractivity contribution in [2.75, 3.05) is 13.6 Å². The zero-order valence-corrected chi connectivity index (χ0v) is 14.2. The van der Waals surface area contributed by atoms with Gasteiger partial charge in [0.25, 0.3) is 5.91 Å². The standard InChI is InChI=1S/C15H23N3O3S/c1-9(2)7-11(14(20)16-4)18-13(19)8-17-15(21)12-6-5-10(3)22-12/h5-6,9,11H,7-8H2,1-4H3,(H,16,20)(H,17,21)(H,18,19). The minimum absolute atomic E-state index is 0.151. The highest BCUT2D eigenvalue weighted by molar-refractivity contribution is 7.13. The summed E-state index contributed by atoms with van der Waals surface area (Å²) in [7, 11) is 1.53. The van der Waals surface area contributed by atoms with Gasteiger partial charge in [0.1, 0.15) is 6.04 Å². The maximum Gasteiger partial charge on any atom is 0.261 e. The molecule has 1 rings (SSSR count). The van der Waals surface area contributed by atoms with Gasteiger partial charge >= 0.3 is 0 Å². The van der Waals surface area contributed by atoms with E-state index >= 15 is 0 Å². The Labute approximate surface area is 134 Å². The van der Waals surface area contributed by atoms with Crippen molar-refractivity contribution in [1.82, 2.24) is 16.0 Å². The van der Waals surface area contributed by atoms with Gasteiger partial charge in [0, 0.05) is 11.9 Å². The van der Waals surface area contributed by atoms with Crippen molar-refractivity contribution in [3.8, 4) is 0 Å². The van der Waals surface area contributed by atoms with E-state index in [-0.39, 0.29) is 30.2 Å². The van der Waals surface area contributed by atoms with Crippen LogP contribution in [0.15, 0.2) is 12.1 Å². The number of likely N-dealkylation sites (N-methyl/N-ethyl adjacent to an activating group) is 1. The average molecular weight is 325 g/mol. The predicted octanol–water partition coefficient (Wildman–Crippen LogP) is 1.06. The first-order chi connectivity index (χ1) is 10.3. The first kappa shape index (κ1) is 18.2. The van der Waals surface area contributed by atoms with Crippen LogP contribution in [0.4, 0.5) is 0 Å². The highest BCUT2D eigenvalue weighted by atomic mass is 32.1. The van der Waals surface area contributed by atoms with E-state index in [9.17, 15) is 14.4 Å². The van der Waals surface area contributed by atoms with Crippen molar-refractivity contribution in [1.29, 1.82) is 0 Å². The van der Waals surface area contributed by atoms with Crippen molar-refractivity contribution in [3.05, 3.63) is 21.9 Å². The smallest absolute Gasteiger partial charge is 0.261 e. The molecule has 0 radical (unpaired) electrons. The van der Waals surface area contributed by atoms with E-state index in [0.717, 1.165) is 4.88 Å². The van der Waals surface area contributed by atoms with Gasteiger partial charge in [-0.3, -0.25) is 14.4 Å². The minimum atomic E-state index is -0.585. The molecule has 7 heteroatoms. The number of aryl methyl sites for hydroxylation is 1. The molecule has 122 valence electrons. The molecule has 22 heavy (non-hydrogen) atoms. The number of carbonyl (C=O) groups excluding carboxylic acids is 3. The molecule has 3 amide bonds. The fraction of sp³-hybridized carbons (Fsp3) is 0.533. The van der Waals surface area contributed by atoms with Crippen LogP contribution < -0.4 is 16.0 Å². The van der Waals surface area contributed by atoms with Crippen LogP contribution in [-0.4, -0.2) is 37.4 Å². The highest BCUT2D eigenvalue weighted by Crippen LogP contribution is 2.14. The Bertz CT molecular complexity index is 540. The third-order valence-corrected chi connectivity index (χ3v) is 3.98. The molecule has 0 saturated carbocycles. The Hall–Kier alpha value is -1.89. The number of rotatable bonds is 7. The van der Waals surface area contributed by atoms with Gasteiger partial charge in [0.2, 0.25) is 11.8 Å². The Kier molecular flexibility index (Phi) is 7.04. The summed E-state index contributed by atoms with van der Waals surface area (Å²) in [5.74, 6) is -0.627. The van der Waals surface area contributed by atoms with E-state index in [1.165, 1.54) is 18.4 Å². The van der Waals surface area contributed by atoms with E-state index in [0.29, 0.717) is 11.3 Å². The second-order valence-corrected chi connectivity index (χ2v) is 6.74. The van der Waals surface area contributed by atoms with E-state index in [4.69, 9.17) is 0 Å². The molecule has 0 aliphatic carbocycles. The molecule has 1 atom stereocenters. The molecule has 0 aliphatic rings. The fourth-order valence-electron chi connectivity index (χ4n) is 1.93. The van der Waals surface area contributed by atoms with Gasteiger partial charge in [-0.25, -0.2) is 0 Å². The van der Waals surface area contributed by atoms with Crippen LogP contribution >= 0.6 is 11.3 Å². The number of hydrogen-bond donors (Lipinski definition) is 3. The van der Waals surface area contributed by atoms with Gasteiger partial charge in [-0.05, 0) is 31.4 Å². The second-order valence-electron chi connectivity index (χ2n) is 5.46. The third kappa shape index (κ3) is 5.85. The topological polar surface area (TPSA) is 87.3 Å². The summed E-state index contributed by atoms with van der Waals surface area (Å²) in [6, 6.07) is 2.99. The SMILES string of the molecule is CNC(=O)C(CC(C)C)NC(=O)CNC(=O)c1ccc(C)s1. The lowest BCUT2D eigenvalue weighted by Gasteiger charge is -2.19. The quantitative estimate of drug-likeness (QED) is 0.700. The molecule has 0 fully saturated rings. The zero-order chi connectivity index (χ0) is 16.7. The maximum atomic E-state index is 11.9. The first-order valence-electron chi connectivity index (χ1n) is 7.19. The van der Waals surface area contributed by atoms with E-state index in [2.05, 4.69) is 16.0 Å². The molecule has 1 aromatic rings. The number of amides is 3. The molecule has 3 N–H and O–H groups in total. The predicted molar refractivity (Wildman–Crippen MR) is 86.8 cm³/mol. The first-order valence-corrected chi connectivity index (χ1v) is 8.00. The normalized spacial score (nSPS) is 11.9. The summed E-state index contributed by atoms with van der Waals surface area (Å²) in [4.78, 5) is 37.1. The molecular weight excluding hydrogens is 302 g/mol. The van der Waals surface area contributed by atoms with Gasteiger partial charge in [-0.15, -0.1) is 11.3 Å². The van der Waals surface area contributed by atoms with E-state index in [1.54, 1.807) is 6.07 Å². The van der Waals surface area contributed by atoms with Gasteiger partial charge in [-0.1, -0.05) is 13.8 Å². The monoisotopic (exact) mass is 325 g/mol. The molecule has 0 spiro atoms. The molecule has 0 bridgehead atoms. The Morgan fingerprint density at radius 2 is 1.91 bits per heavy atom. The summed E-state index contributed by atoms with van der Waals surface area (Å²) in [6.45, 7) is 5.71. The van der Waals surface area contributed by atoms with Crippen LogP contribution in [0.1, 0.15) is 34.8 Å². The number of nitrogens with one attached hydrogen (secondary N) is 3. The lowest BCUT2D eigenvalue weighted by Crippen LogP contribution is -2.49. The minimum Gasteiger partial charge on any atom is -0.357 e. The second kappa shape index (κ2) is 8.53. The largest absolute Gasteiger partial charge is 0.357 e. The lowest BCUT2D eigenvalue weighted by molar-refractivity contribution is -0.128. The Balaban J connectivity index is 2.49. The summed E-state index contributed by atoms with van der Waals surface area (Å²) in [5.41, 5.74) is 0. The van der Waals surface area contributed by atoms with E-state index in [1.807, 2.05) is 26.8 Å². The van der Waals surface area contributed by atoms with Crippen molar-refractivity contribution in [2.45, 2.75) is 33.2 Å². The number of hydrogen-bond acceptors (Lipinski definition) is 4. The fourth-order valence-corrected chi connectivity index (χ4v) is 2.71. The van der Waals surface area contributed by atoms with Gasteiger partial charge in [-0.2, -0.15) is 0 Å². The average Bonchev–Trinajstić information content (AvgIpc) is 2.89. The van der Waals surface area contributed by atoms with Gasteiger partial charge in [0.15, 0.2) is 0 Å². The number of carbonyl (C=O) groups is 3. The van der Waals surface area contributed by atoms with Crippen molar-refractivity contribution >= 4 is 29.1 Å². The molecule has 1 heterocycles. The van der Waals surface area contributed by atoms with Crippen LogP contribution in [0.3, 0.4) is 0 Å². The third-order valence-electron chi connectivity index (χ3n) is 2.98. The maximum absolute atomic E-state index is 11.9. The van der Waals surface area contributed by atoms with Crippen LogP contribution in [0.2, 0.25) is 0 Å². The molecule has 0 aliphatic heterocycles. The van der Waals surface area contributed by atoms with Crippen molar-refractivity contribution < 1.29 is 14.4 Å². The summed E-state index contributed by atoms with van der Waals surface area (Å²) < 4.78 is 0. The summed E-state index contributed by atoms with van der Waals surface area (Å²) >= 11 is 1.37. The van der Waals surface area contributed by atoms with Gasteiger partial charge in [0.05, 0.1) is 11.4 Å². The van der Waals surface area contributed by atoms with Crippen LogP contribution in [-0.2, 0) is 9.59 Å². The highest BCUT2D eigenvalue weighted by Gasteiger charge is 2.21. The molecular formula is C15H23N3O3S. The Morgan fingerprint density at radius 1 is 1.23 bits per heavy atom. The Morgan fingerprint density at radius 3 is 2.41 bits per heavy atom. The van der Waals surface area contributed by atoms with Crippen molar-refractivity contribution in [2.24, 2.45) is 5.92 Å². The van der Waals surface area contributed by atoms with Crippen LogP contribution in [0.5, 0.6) is 0 Å². The molecule has 6 nitrogen and oxygen atoms in total.